The van der Waals surface area contributed by atoms with Crippen LogP contribution in [0.2, 0.25) is 0 Å². The van der Waals surface area contributed by atoms with E-state index in [9.17, 15) is 5.11 Å². The van der Waals surface area contributed by atoms with Gasteiger partial charge in [-0.25, -0.2) is 15.0 Å². The minimum atomic E-state index is 0.395. The third-order valence-electron chi connectivity index (χ3n) is 5.33. The molecule has 6 rings (SSSR count). The smallest absolute Gasteiger partial charge is 0.106 e. The third-order valence-corrected chi connectivity index (χ3v) is 5.33. The van der Waals surface area contributed by atoms with Gasteiger partial charge in [0.2, 0.25) is 0 Å². The fourth-order valence-corrected chi connectivity index (χ4v) is 4.06. The Morgan fingerprint density at radius 3 is 2.41 bits per heavy atom. The molecule has 5 heteroatoms. The molecule has 2 N–H and O–H groups in total. The van der Waals surface area contributed by atoms with Crippen LogP contribution >= 0.6 is 0 Å². The van der Waals surface area contributed by atoms with Crippen LogP contribution in [0.15, 0.2) is 109 Å². The van der Waals surface area contributed by atoms with Crippen molar-refractivity contribution in [2.24, 2.45) is 15.0 Å². The molecule has 0 aromatic carbocycles. The zero-order valence-corrected chi connectivity index (χ0v) is 14.5. The lowest BCUT2D eigenvalue weighted by atomic mass is 10.1. The molecule has 8 bridgehead atoms. The highest BCUT2D eigenvalue weighted by Crippen LogP contribution is 2.38. The first-order valence-electron chi connectivity index (χ1n) is 9.11. The van der Waals surface area contributed by atoms with Gasteiger partial charge < -0.3 is 10.4 Å². The molecule has 1 fully saturated rings. The molecule has 0 unspecified atom stereocenters. The van der Waals surface area contributed by atoms with Gasteiger partial charge in [-0.3, -0.25) is 0 Å². The van der Waals surface area contributed by atoms with E-state index in [1.54, 1.807) is 0 Å². The van der Waals surface area contributed by atoms with E-state index in [2.05, 4.69) is 21.4 Å². The van der Waals surface area contributed by atoms with Crippen molar-refractivity contribution in [3.63, 3.8) is 0 Å². The first kappa shape index (κ1) is 14.7. The second-order valence-electron chi connectivity index (χ2n) is 7.20. The van der Waals surface area contributed by atoms with Crippen molar-refractivity contribution in [1.82, 2.24) is 5.32 Å². The number of nitrogens with one attached hydrogen (secondary N) is 1. The molecule has 130 valence electrons. The van der Waals surface area contributed by atoms with E-state index >= 15 is 0 Å². The summed E-state index contributed by atoms with van der Waals surface area (Å²) in [7, 11) is 0. The molecule has 0 radical (unpaired) electrons. The van der Waals surface area contributed by atoms with Gasteiger partial charge in [0.05, 0.1) is 34.2 Å². The number of hydrogen-bond acceptors (Lipinski definition) is 5. The second-order valence-corrected chi connectivity index (χ2v) is 7.20. The average molecular weight is 352 g/mol. The lowest BCUT2D eigenvalue weighted by molar-refractivity contribution is 0.401. The summed E-state index contributed by atoms with van der Waals surface area (Å²) >= 11 is 0. The number of aliphatic imine (C=N–C) groups is 3. The maximum Gasteiger partial charge on any atom is 0.106 e. The first-order valence-corrected chi connectivity index (χ1v) is 9.11. The van der Waals surface area contributed by atoms with Crippen LogP contribution in [-0.4, -0.2) is 22.2 Å². The molecule has 5 nitrogen and oxygen atoms in total. The van der Waals surface area contributed by atoms with Gasteiger partial charge in [-0.15, -0.1) is 0 Å². The Bertz CT molecular complexity index is 1160. The van der Waals surface area contributed by atoms with Gasteiger partial charge in [0.15, 0.2) is 0 Å². The van der Waals surface area contributed by atoms with Gasteiger partial charge in [-0.05, 0) is 61.4 Å². The number of aliphatic hydroxyl groups excluding tert-OH is 1. The molecule has 0 spiro atoms. The van der Waals surface area contributed by atoms with Gasteiger partial charge >= 0.3 is 0 Å². The minimum Gasteiger partial charge on any atom is -0.511 e. The van der Waals surface area contributed by atoms with Crippen molar-refractivity contribution in [3.05, 3.63) is 94.0 Å². The molecule has 6 aliphatic rings. The van der Waals surface area contributed by atoms with Crippen LogP contribution in [0.4, 0.5) is 0 Å². The zero-order valence-electron chi connectivity index (χ0n) is 14.5. The molecule has 0 saturated carbocycles. The SMILES string of the molecule is OC1=C2C=C3C=C4C=CC(=N4)C=C4C=CC(=N4)C=C4CCC(=C(C1)C2=N3)N4. The molecule has 0 aromatic rings. The van der Waals surface area contributed by atoms with Crippen molar-refractivity contribution in [3.8, 4) is 0 Å². The van der Waals surface area contributed by atoms with Crippen molar-refractivity contribution in [2.75, 3.05) is 0 Å². The van der Waals surface area contributed by atoms with E-state index in [1.165, 1.54) is 0 Å². The summed E-state index contributed by atoms with van der Waals surface area (Å²) in [5, 5.41) is 14.0. The van der Waals surface area contributed by atoms with Crippen LogP contribution in [0.25, 0.3) is 0 Å². The summed E-state index contributed by atoms with van der Waals surface area (Å²) in [6, 6.07) is 0. The summed E-state index contributed by atoms with van der Waals surface area (Å²) in [5.41, 5.74) is 9.52. The Morgan fingerprint density at radius 1 is 0.778 bits per heavy atom. The molecule has 5 heterocycles. The van der Waals surface area contributed by atoms with E-state index in [4.69, 9.17) is 4.99 Å². The molecular formula is C22H16N4O. The lowest BCUT2D eigenvalue weighted by Crippen LogP contribution is -2.10. The molecule has 1 aliphatic carbocycles. The number of fused-ring (bicyclic) bond motifs is 5. The number of hydrogen-bond donors (Lipinski definition) is 2. The lowest BCUT2D eigenvalue weighted by Gasteiger charge is -2.06. The summed E-state index contributed by atoms with van der Waals surface area (Å²) in [6.45, 7) is 0. The average Bonchev–Trinajstić information content (AvgIpc) is 3.42. The van der Waals surface area contributed by atoms with Gasteiger partial charge in [-0.2, -0.15) is 0 Å². The number of aliphatic hydroxyl groups is 1. The molecule has 1 saturated heterocycles. The Kier molecular flexibility index (Phi) is 2.86. The third kappa shape index (κ3) is 2.35. The van der Waals surface area contributed by atoms with E-state index in [-0.39, 0.29) is 0 Å². The topological polar surface area (TPSA) is 69.3 Å². The van der Waals surface area contributed by atoms with Gasteiger partial charge in [-0.1, -0.05) is 0 Å². The van der Waals surface area contributed by atoms with Crippen LogP contribution < -0.4 is 5.32 Å². The summed E-state index contributed by atoms with van der Waals surface area (Å²) < 4.78 is 0. The zero-order chi connectivity index (χ0) is 18.0. The number of rotatable bonds is 0. The van der Waals surface area contributed by atoms with Crippen LogP contribution in [0.1, 0.15) is 19.3 Å². The van der Waals surface area contributed by atoms with Crippen LogP contribution in [-0.2, 0) is 0 Å². The molecule has 27 heavy (non-hydrogen) atoms. The Hall–Kier alpha value is -3.47. The van der Waals surface area contributed by atoms with Crippen LogP contribution in [0.3, 0.4) is 0 Å². The minimum absolute atomic E-state index is 0.395. The summed E-state index contributed by atoms with van der Waals surface area (Å²) in [6.07, 6.45) is 18.4. The molecular weight excluding hydrogens is 336 g/mol. The number of allylic oxidation sites excluding steroid dienone is 12. The van der Waals surface area contributed by atoms with Crippen LogP contribution in [0.5, 0.6) is 0 Å². The van der Waals surface area contributed by atoms with Crippen molar-refractivity contribution in [1.29, 1.82) is 0 Å². The van der Waals surface area contributed by atoms with Crippen LogP contribution in [0, 0.1) is 0 Å². The maximum atomic E-state index is 10.4. The predicted octanol–water partition coefficient (Wildman–Crippen LogP) is 3.87. The maximum absolute atomic E-state index is 10.4. The highest BCUT2D eigenvalue weighted by atomic mass is 16.3. The Labute approximate surface area is 156 Å². The van der Waals surface area contributed by atoms with E-state index in [0.717, 1.165) is 69.6 Å². The second kappa shape index (κ2) is 5.27. The number of nitrogens with zero attached hydrogens (tertiary/aromatic N) is 3. The molecule has 0 amide bonds. The monoisotopic (exact) mass is 352 g/mol. The largest absolute Gasteiger partial charge is 0.511 e. The normalized spacial score (nSPS) is 24.5. The van der Waals surface area contributed by atoms with Crippen molar-refractivity contribution < 1.29 is 5.11 Å². The van der Waals surface area contributed by atoms with Gasteiger partial charge in [0, 0.05) is 29.0 Å². The van der Waals surface area contributed by atoms with Crippen molar-refractivity contribution >= 4 is 17.1 Å². The fraction of sp³-hybridized carbons (Fsp3) is 0.136. The fourth-order valence-electron chi connectivity index (χ4n) is 4.06. The highest BCUT2D eigenvalue weighted by Gasteiger charge is 2.32. The van der Waals surface area contributed by atoms with Gasteiger partial charge in [0.25, 0.3) is 0 Å². The highest BCUT2D eigenvalue weighted by molar-refractivity contribution is 6.20. The summed E-state index contributed by atoms with van der Waals surface area (Å²) in [4.78, 5) is 14.1. The first-order chi connectivity index (χ1) is 13.2. The Balaban J connectivity index is 1.53. The van der Waals surface area contributed by atoms with E-state index in [0.29, 0.717) is 12.2 Å². The Morgan fingerprint density at radius 2 is 1.56 bits per heavy atom. The molecule has 0 atom stereocenters. The predicted molar refractivity (Wildman–Crippen MR) is 107 cm³/mol. The summed E-state index contributed by atoms with van der Waals surface area (Å²) in [5.74, 6) is 0.395. The van der Waals surface area contributed by atoms with E-state index < -0.39 is 0 Å². The van der Waals surface area contributed by atoms with E-state index in [1.807, 2.05) is 42.5 Å². The standard InChI is InChI=1S/C22H16N4O/c27-21-11-18-20-6-5-16(25-20)8-14-2-1-12(23-14)7-13-3-4-15(24-13)9-17-10-19(21)22(18)26-17/h1-4,7-10,25,27H,5-6,11H2. The molecule has 5 aliphatic heterocycles. The van der Waals surface area contributed by atoms with Gasteiger partial charge in [0.1, 0.15) is 5.76 Å². The van der Waals surface area contributed by atoms with Crippen molar-refractivity contribution in [2.45, 2.75) is 19.3 Å². The quantitative estimate of drug-likeness (QED) is 0.695. The molecule has 0 aromatic heterocycles.